The van der Waals surface area contributed by atoms with Crippen molar-refractivity contribution in [1.29, 1.82) is 5.26 Å². The van der Waals surface area contributed by atoms with Gasteiger partial charge in [-0.3, -0.25) is 0 Å². The van der Waals surface area contributed by atoms with Crippen LogP contribution in [0.5, 0.6) is 5.75 Å². The lowest BCUT2D eigenvalue weighted by Gasteiger charge is -2.05. The van der Waals surface area contributed by atoms with Crippen LogP contribution in [0.4, 0.5) is 10.1 Å². The molecule has 0 heterocycles. The van der Waals surface area contributed by atoms with Gasteiger partial charge in [-0.2, -0.15) is 5.26 Å². The molecule has 0 bridgehead atoms. The normalized spacial score (nSPS) is 9.00. The third kappa shape index (κ3) is 2.34. The summed E-state index contributed by atoms with van der Waals surface area (Å²) in [5.74, 6) is 0.165. The van der Waals surface area contributed by atoms with Crippen molar-refractivity contribution < 1.29 is 9.13 Å². The molecule has 4 heteroatoms. The highest BCUT2D eigenvalue weighted by atomic mass is 19.1. The zero-order valence-corrected chi connectivity index (χ0v) is 7.17. The van der Waals surface area contributed by atoms with Crippen LogP contribution in [0.1, 0.15) is 0 Å². The molecule has 0 aliphatic heterocycles. The summed E-state index contributed by atoms with van der Waals surface area (Å²) in [6, 6.07) is 6.18. The first kappa shape index (κ1) is 9.33. The second kappa shape index (κ2) is 4.31. The van der Waals surface area contributed by atoms with E-state index in [1.165, 1.54) is 25.3 Å². The van der Waals surface area contributed by atoms with Gasteiger partial charge in [0, 0.05) is 6.07 Å². The Hall–Kier alpha value is -1.76. The van der Waals surface area contributed by atoms with Gasteiger partial charge in [0.15, 0.2) is 0 Å². The lowest BCUT2D eigenvalue weighted by molar-refractivity contribution is 0.414. The maximum Gasteiger partial charge on any atom is 0.146 e. The van der Waals surface area contributed by atoms with Gasteiger partial charge in [-0.25, -0.2) is 4.39 Å². The van der Waals surface area contributed by atoms with Gasteiger partial charge in [-0.05, 0) is 12.1 Å². The fourth-order valence-electron chi connectivity index (χ4n) is 0.902. The first-order valence-corrected chi connectivity index (χ1v) is 3.72. The number of nitrogens with one attached hydrogen (secondary N) is 1. The van der Waals surface area contributed by atoms with Gasteiger partial charge in [-0.15, -0.1) is 0 Å². The lowest BCUT2D eigenvalue weighted by atomic mass is 10.3. The van der Waals surface area contributed by atoms with Crippen molar-refractivity contribution in [2.45, 2.75) is 0 Å². The molecule has 0 spiro atoms. The van der Waals surface area contributed by atoms with Crippen molar-refractivity contribution in [3.63, 3.8) is 0 Å². The minimum absolute atomic E-state index is 0.0735. The van der Waals surface area contributed by atoms with Crippen LogP contribution < -0.4 is 10.1 Å². The van der Waals surface area contributed by atoms with E-state index in [2.05, 4.69) is 5.32 Å². The molecule has 0 atom stereocenters. The second-order valence-corrected chi connectivity index (χ2v) is 2.36. The summed E-state index contributed by atoms with van der Waals surface area (Å²) in [7, 11) is 1.50. The maximum atomic E-state index is 13.0. The molecule has 0 aliphatic rings. The van der Waals surface area contributed by atoms with Crippen LogP contribution in [0, 0.1) is 17.1 Å². The Morgan fingerprint density at radius 1 is 1.62 bits per heavy atom. The van der Waals surface area contributed by atoms with Crippen LogP contribution in [-0.2, 0) is 0 Å². The van der Waals surface area contributed by atoms with E-state index >= 15 is 0 Å². The highest BCUT2D eigenvalue weighted by Gasteiger charge is 2.02. The van der Waals surface area contributed by atoms with E-state index in [1.807, 2.05) is 6.07 Å². The van der Waals surface area contributed by atoms with Crippen LogP contribution >= 0.6 is 0 Å². The molecule has 0 fully saturated rings. The number of halogens is 1. The molecular weight excluding hydrogens is 171 g/mol. The molecule has 13 heavy (non-hydrogen) atoms. The smallest absolute Gasteiger partial charge is 0.146 e. The van der Waals surface area contributed by atoms with Gasteiger partial charge in [0.25, 0.3) is 0 Å². The number of hydrogen-bond donors (Lipinski definition) is 1. The highest BCUT2D eigenvalue weighted by Crippen LogP contribution is 2.20. The van der Waals surface area contributed by atoms with E-state index in [9.17, 15) is 4.39 Å². The number of methoxy groups -OCH3 is 1. The topological polar surface area (TPSA) is 45.0 Å². The van der Waals surface area contributed by atoms with E-state index in [1.54, 1.807) is 0 Å². The van der Waals surface area contributed by atoms with Crippen LogP contribution in [0.25, 0.3) is 0 Å². The fourth-order valence-corrected chi connectivity index (χ4v) is 0.902. The molecule has 0 saturated carbocycles. The number of anilines is 1. The monoisotopic (exact) mass is 180 g/mol. The van der Waals surface area contributed by atoms with E-state index in [0.717, 1.165) is 0 Å². The van der Waals surface area contributed by atoms with Crippen molar-refractivity contribution in [2.75, 3.05) is 19.0 Å². The number of ether oxygens (including phenoxy) is 1. The van der Waals surface area contributed by atoms with Gasteiger partial charge in [0.1, 0.15) is 18.1 Å². The Morgan fingerprint density at radius 2 is 2.38 bits per heavy atom. The number of nitriles is 1. The Kier molecular flexibility index (Phi) is 3.09. The summed E-state index contributed by atoms with van der Waals surface area (Å²) in [5.41, 5.74) is 0.279. The Labute approximate surface area is 75.7 Å². The fraction of sp³-hybridized carbons (Fsp3) is 0.222. The van der Waals surface area contributed by atoms with E-state index in [-0.39, 0.29) is 12.2 Å². The molecular formula is C9H9FN2O. The van der Waals surface area contributed by atoms with Crippen LogP contribution in [0.15, 0.2) is 18.2 Å². The summed E-state index contributed by atoms with van der Waals surface area (Å²) in [6.07, 6.45) is 0. The summed E-state index contributed by atoms with van der Waals surface area (Å²) in [5, 5.41) is 10.9. The van der Waals surface area contributed by atoms with Crippen LogP contribution in [0.2, 0.25) is 0 Å². The van der Waals surface area contributed by atoms with Crippen molar-refractivity contribution in [3.8, 4) is 11.8 Å². The van der Waals surface area contributed by atoms with Gasteiger partial charge in [0.2, 0.25) is 0 Å². The SMILES string of the molecule is COc1ccc(F)c(NCC#N)c1. The molecule has 68 valence electrons. The minimum Gasteiger partial charge on any atom is -0.497 e. The molecule has 3 nitrogen and oxygen atoms in total. The van der Waals surface area contributed by atoms with Crippen molar-refractivity contribution in [2.24, 2.45) is 0 Å². The molecule has 1 rings (SSSR count). The summed E-state index contributed by atoms with van der Waals surface area (Å²) in [6.45, 7) is 0.0735. The number of benzene rings is 1. The van der Waals surface area contributed by atoms with E-state index in [0.29, 0.717) is 5.75 Å². The third-order valence-electron chi connectivity index (χ3n) is 1.53. The molecule has 0 saturated heterocycles. The number of rotatable bonds is 3. The first-order valence-electron chi connectivity index (χ1n) is 3.72. The zero-order chi connectivity index (χ0) is 9.68. The number of nitrogens with zero attached hydrogens (tertiary/aromatic N) is 1. The van der Waals surface area contributed by atoms with Gasteiger partial charge in [0.05, 0.1) is 18.9 Å². The minimum atomic E-state index is -0.393. The molecule has 1 N–H and O–H groups in total. The van der Waals surface area contributed by atoms with E-state index in [4.69, 9.17) is 10.00 Å². The molecule has 0 aromatic heterocycles. The van der Waals surface area contributed by atoms with Crippen molar-refractivity contribution in [3.05, 3.63) is 24.0 Å². The zero-order valence-electron chi connectivity index (χ0n) is 7.17. The highest BCUT2D eigenvalue weighted by molar-refractivity contribution is 5.50. The van der Waals surface area contributed by atoms with Gasteiger partial charge in [-0.1, -0.05) is 0 Å². The third-order valence-corrected chi connectivity index (χ3v) is 1.53. The maximum absolute atomic E-state index is 13.0. The molecule has 0 aliphatic carbocycles. The predicted molar refractivity (Wildman–Crippen MR) is 47.1 cm³/mol. The average Bonchev–Trinajstić information content (AvgIpc) is 2.17. The average molecular weight is 180 g/mol. The Bertz CT molecular complexity index is 333. The predicted octanol–water partition coefficient (Wildman–Crippen LogP) is 1.77. The standard InChI is InChI=1S/C9H9FN2O/c1-13-7-2-3-8(10)9(6-7)12-5-4-11/h2-3,6,12H,5H2,1H3. The summed E-state index contributed by atoms with van der Waals surface area (Å²) >= 11 is 0. The summed E-state index contributed by atoms with van der Waals surface area (Å²) < 4.78 is 17.9. The second-order valence-electron chi connectivity index (χ2n) is 2.36. The van der Waals surface area contributed by atoms with Gasteiger partial charge >= 0.3 is 0 Å². The van der Waals surface area contributed by atoms with Crippen molar-refractivity contribution >= 4 is 5.69 Å². The quantitative estimate of drug-likeness (QED) is 0.721. The molecule has 0 unspecified atom stereocenters. The molecule has 1 aromatic carbocycles. The molecule has 0 amide bonds. The van der Waals surface area contributed by atoms with E-state index < -0.39 is 5.82 Å². The largest absolute Gasteiger partial charge is 0.497 e. The van der Waals surface area contributed by atoms with Crippen molar-refractivity contribution in [1.82, 2.24) is 0 Å². The first-order chi connectivity index (χ1) is 6.27. The Morgan fingerprint density at radius 3 is 3.00 bits per heavy atom. The molecule has 0 radical (unpaired) electrons. The summed E-state index contributed by atoms with van der Waals surface area (Å²) in [4.78, 5) is 0. The molecule has 1 aromatic rings. The van der Waals surface area contributed by atoms with Crippen LogP contribution in [0.3, 0.4) is 0 Å². The van der Waals surface area contributed by atoms with Crippen LogP contribution in [-0.4, -0.2) is 13.7 Å². The Balaban J connectivity index is 2.85. The number of hydrogen-bond acceptors (Lipinski definition) is 3. The van der Waals surface area contributed by atoms with Gasteiger partial charge < -0.3 is 10.1 Å². The lowest BCUT2D eigenvalue weighted by Crippen LogP contribution is -2.00.